The van der Waals surface area contributed by atoms with E-state index in [1.807, 2.05) is 48.5 Å². The number of halogens is 1. The molecule has 0 bridgehead atoms. The van der Waals surface area contributed by atoms with Crippen molar-refractivity contribution in [2.75, 3.05) is 5.32 Å². The first-order chi connectivity index (χ1) is 15.6. The highest BCUT2D eigenvalue weighted by Crippen LogP contribution is 2.22. The third-order valence-electron chi connectivity index (χ3n) is 5.24. The van der Waals surface area contributed by atoms with Gasteiger partial charge in [-0.3, -0.25) is 14.6 Å². The highest BCUT2D eigenvalue weighted by atomic mass is 19.1. The smallest absolute Gasteiger partial charge is 0.254 e. The molecule has 0 aliphatic rings. The van der Waals surface area contributed by atoms with Crippen LogP contribution in [-0.2, 0) is 11.2 Å². The van der Waals surface area contributed by atoms with E-state index >= 15 is 0 Å². The Morgan fingerprint density at radius 1 is 0.906 bits per heavy atom. The lowest BCUT2D eigenvalue weighted by atomic mass is 10.0. The molecule has 3 aromatic carbocycles. The van der Waals surface area contributed by atoms with E-state index in [4.69, 9.17) is 0 Å². The van der Waals surface area contributed by atoms with Crippen molar-refractivity contribution in [1.29, 1.82) is 0 Å². The van der Waals surface area contributed by atoms with Crippen molar-refractivity contribution in [3.63, 3.8) is 0 Å². The Labute approximate surface area is 185 Å². The average molecular weight is 427 g/mol. The lowest BCUT2D eigenvalue weighted by Crippen LogP contribution is -2.44. The van der Waals surface area contributed by atoms with Gasteiger partial charge in [0.1, 0.15) is 11.9 Å². The minimum atomic E-state index is -0.848. The second-order valence-electron chi connectivity index (χ2n) is 7.42. The van der Waals surface area contributed by atoms with Crippen LogP contribution in [0.15, 0.2) is 91.3 Å². The fourth-order valence-corrected chi connectivity index (χ4v) is 3.56. The lowest BCUT2D eigenvalue weighted by Gasteiger charge is -2.19. The molecule has 0 spiro atoms. The second-order valence-corrected chi connectivity index (χ2v) is 7.42. The Bertz CT molecular complexity index is 1240. The SMILES string of the molecule is O=C(NC(CCc1ccccc1)C(=O)Nc1cccc2cnccc12)c1ccccc1F. The lowest BCUT2D eigenvalue weighted by molar-refractivity contribution is -0.118. The zero-order chi connectivity index (χ0) is 22.3. The van der Waals surface area contributed by atoms with Gasteiger partial charge in [0.05, 0.1) is 5.56 Å². The van der Waals surface area contributed by atoms with Crippen LogP contribution in [-0.4, -0.2) is 22.8 Å². The first-order valence-electron chi connectivity index (χ1n) is 10.3. The van der Waals surface area contributed by atoms with Crippen LogP contribution in [0.25, 0.3) is 10.8 Å². The molecule has 1 atom stereocenters. The number of benzene rings is 3. The molecule has 0 saturated heterocycles. The summed E-state index contributed by atoms with van der Waals surface area (Å²) in [6.45, 7) is 0. The zero-order valence-electron chi connectivity index (χ0n) is 17.3. The van der Waals surface area contributed by atoms with Gasteiger partial charge in [0.25, 0.3) is 5.91 Å². The minimum absolute atomic E-state index is 0.0961. The normalized spacial score (nSPS) is 11.7. The maximum absolute atomic E-state index is 14.1. The van der Waals surface area contributed by atoms with Crippen LogP contribution in [0.3, 0.4) is 0 Å². The number of amides is 2. The third-order valence-corrected chi connectivity index (χ3v) is 5.24. The molecule has 6 heteroatoms. The van der Waals surface area contributed by atoms with Gasteiger partial charge >= 0.3 is 0 Å². The number of aromatic nitrogens is 1. The zero-order valence-corrected chi connectivity index (χ0v) is 17.3. The predicted octanol–water partition coefficient (Wildman–Crippen LogP) is 4.74. The van der Waals surface area contributed by atoms with Gasteiger partial charge in [0, 0.05) is 28.9 Å². The number of nitrogens with one attached hydrogen (secondary N) is 2. The molecule has 0 aliphatic carbocycles. The number of hydrogen-bond acceptors (Lipinski definition) is 3. The summed E-state index contributed by atoms with van der Waals surface area (Å²) in [6.07, 6.45) is 4.32. The molecule has 2 N–H and O–H groups in total. The minimum Gasteiger partial charge on any atom is -0.340 e. The molecular formula is C26H22FN3O2. The summed E-state index contributed by atoms with van der Waals surface area (Å²) in [4.78, 5) is 30.0. The van der Waals surface area contributed by atoms with Crippen LogP contribution in [0.2, 0.25) is 0 Å². The quantitative estimate of drug-likeness (QED) is 0.447. The predicted molar refractivity (Wildman–Crippen MR) is 123 cm³/mol. The van der Waals surface area contributed by atoms with Crippen LogP contribution >= 0.6 is 0 Å². The van der Waals surface area contributed by atoms with Gasteiger partial charge in [0.2, 0.25) is 5.91 Å². The highest BCUT2D eigenvalue weighted by Gasteiger charge is 2.23. The van der Waals surface area contributed by atoms with E-state index in [9.17, 15) is 14.0 Å². The number of hydrogen-bond donors (Lipinski definition) is 2. The van der Waals surface area contributed by atoms with E-state index in [1.54, 1.807) is 24.5 Å². The summed E-state index contributed by atoms with van der Waals surface area (Å²) in [5.41, 5.74) is 1.57. The molecule has 160 valence electrons. The van der Waals surface area contributed by atoms with Crippen LogP contribution in [0.5, 0.6) is 0 Å². The van der Waals surface area contributed by atoms with Gasteiger partial charge in [0.15, 0.2) is 0 Å². The van der Waals surface area contributed by atoms with Crippen LogP contribution in [0, 0.1) is 5.82 Å². The van der Waals surface area contributed by atoms with Crippen LogP contribution < -0.4 is 10.6 Å². The number of rotatable bonds is 7. The van der Waals surface area contributed by atoms with Crippen LogP contribution in [0.1, 0.15) is 22.3 Å². The van der Waals surface area contributed by atoms with E-state index in [0.717, 1.165) is 16.3 Å². The largest absolute Gasteiger partial charge is 0.340 e. The van der Waals surface area contributed by atoms with E-state index in [-0.39, 0.29) is 11.5 Å². The number of carbonyl (C=O) groups excluding carboxylic acids is 2. The van der Waals surface area contributed by atoms with E-state index < -0.39 is 17.8 Å². The topological polar surface area (TPSA) is 71.1 Å². The highest BCUT2D eigenvalue weighted by molar-refractivity contribution is 6.05. The standard InChI is InChI=1S/C26H22FN3O2/c27-22-11-5-4-10-21(22)25(31)30-24(14-13-18-7-2-1-3-8-18)26(32)29-23-12-6-9-19-17-28-16-15-20(19)23/h1-12,15-17,24H,13-14H2,(H,29,32)(H,30,31). The molecular weight excluding hydrogens is 405 g/mol. The first kappa shape index (κ1) is 21.2. The fraction of sp³-hybridized carbons (Fsp3) is 0.115. The van der Waals surface area contributed by atoms with Gasteiger partial charge in [-0.05, 0) is 42.7 Å². The molecule has 2 amide bonds. The summed E-state index contributed by atoms with van der Waals surface area (Å²) in [5, 5.41) is 7.36. The van der Waals surface area contributed by atoms with Crippen molar-refractivity contribution in [1.82, 2.24) is 10.3 Å². The number of nitrogens with zero attached hydrogens (tertiary/aromatic N) is 1. The van der Waals surface area contributed by atoms with Crippen LogP contribution in [0.4, 0.5) is 10.1 Å². The number of fused-ring (bicyclic) bond motifs is 1. The second kappa shape index (κ2) is 9.83. The van der Waals surface area contributed by atoms with E-state index in [1.165, 1.54) is 18.2 Å². The Balaban J connectivity index is 1.56. The van der Waals surface area contributed by atoms with Gasteiger partial charge in [-0.15, -0.1) is 0 Å². The molecule has 0 fully saturated rings. The molecule has 4 rings (SSSR count). The Hall–Kier alpha value is -4.06. The van der Waals surface area contributed by atoms with Crippen molar-refractivity contribution in [3.05, 3.63) is 108 Å². The summed E-state index contributed by atoms with van der Waals surface area (Å²) in [6, 6.07) is 21.9. The Morgan fingerprint density at radius 3 is 2.50 bits per heavy atom. The molecule has 32 heavy (non-hydrogen) atoms. The van der Waals surface area contributed by atoms with Crippen molar-refractivity contribution < 1.29 is 14.0 Å². The van der Waals surface area contributed by atoms with Crippen molar-refractivity contribution in [3.8, 4) is 0 Å². The van der Waals surface area contributed by atoms with Gasteiger partial charge in [-0.25, -0.2) is 4.39 Å². The van der Waals surface area contributed by atoms with Gasteiger partial charge < -0.3 is 10.6 Å². The summed E-state index contributed by atoms with van der Waals surface area (Å²) in [5.74, 6) is -1.62. The summed E-state index contributed by atoms with van der Waals surface area (Å²) >= 11 is 0. The summed E-state index contributed by atoms with van der Waals surface area (Å²) in [7, 11) is 0. The van der Waals surface area contributed by atoms with E-state index in [2.05, 4.69) is 15.6 Å². The monoisotopic (exact) mass is 427 g/mol. The molecule has 5 nitrogen and oxygen atoms in total. The maximum atomic E-state index is 14.1. The fourth-order valence-electron chi connectivity index (χ4n) is 3.56. The molecule has 0 aliphatic heterocycles. The molecule has 1 unspecified atom stereocenters. The van der Waals surface area contributed by atoms with Crippen molar-refractivity contribution in [2.45, 2.75) is 18.9 Å². The van der Waals surface area contributed by atoms with Crippen molar-refractivity contribution >= 4 is 28.3 Å². The number of carbonyl (C=O) groups is 2. The Kier molecular flexibility index (Phi) is 6.51. The Morgan fingerprint density at radius 2 is 1.69 bits per heavy atom. The van der Waals surface area contributed by atoms with Gasteiger partial charge in [-0.2, -0.15) is 0 Å². The summed E-state index contributed by atoms with van der Waals surface area (Å²) < 4.78 is 14.1. The maximum Gasteiger partial charge on any atom is 0.254 e. The number of aryl methyl sites for hydroxylation is 1. The molecule has 0 radical (unpaired) electrons. The third kappa shape index (κ3) is 4.98. The molecule has 1 aromatic heterocycles. The first-order valence-corrected chi connectivity index (χ1v) is 10.3. The molecule has 4 aromatic rings. The van der Waals surface area contributed by atoms with Crippen molar-refractivity contribution in [2.24, 2.45) is 0 Å². The van der Waals surface area contributed by atoms with Gasteiger partial charge in [-0.1, -0.05) is 54.6 Å². The number of anilines is 1. The molecule has 0 saturated carbocycles. The molecule has 1 heterocycles. The van der Waals surface area contributed by atoms with E-state index in [0.29, 0.717) is 18.5 Å². The number of pyridine rings is 1. The average Bonchev–Trinajstić information content (AvgIpc) is 2.82.